The second-order valence-corrected chi connectivity index (χ2v) is 5.08. The monoisotopic (exact) mass is 264 g/mol. The average Bonchev–Trinajstić information content (AvgIpc) is 2.44. The standard InChI is InChI=1S/C16H28N2O/c1-5-13(6-2)11-18(7-3)12-14-8-9-15(17)10-16(14)19-4/h8-10,13H,5-7,11-12,17H2,1-4H3. The lowest BCUT2D eigenvalue weighted by atomic mass is 10.0. The zero-order chi connectivity index (χ0) is 14.3. The van der Waals surface area contributed by atoms with Crippen LogP contribution in [-0.4, -0.2) is 25.1 Å². The number of ether oxygens (including phenoxy) is 1. The fourth-order valence-electron chi connectivity index (χ4n) is 2.35. The van der Waals surface area contributed by atoms with Gasteiger partial charge in [0, 0.05) is 30.4 Å². The second-order valence-electron chi connectivity index (χ2n) is 5.08. The molecule has 3 heteroatoms. The summed E-state index contributed by atoms with van der Waals surface area (Å²) in [5.41, 5.74) is 7.76. The number of hydrogen-bond donors (Lipinski definition) is 1. The molecule has 1 aromatic carbocycles. The average molecular weight is 264 g/mol. The highest BCUT2D eigenvalue weighted by Crippen LogP contribution is 2.23. The van der Waals surface area contributed by atoms with Crippen LogP contribution in [0.25, 0.3) is 0 Å². The Balaban J connectivity index is 2.75. The summed E-state index contributed by atoms with van der Waals surface area (Å²) in [6, 6.07) is 5.92. The Morgan fingerprint density at radius 1 is 1.21 bits per heavy atom. The van der Waals surface area contributed by atoms with Gasteiger partial charge in [-0.2, -0.15) is 0 Å². The molecule has 0 aliphatic carbocycles. The van der Waals surface area contributed by atoms with Gasteiger partial charge in [-0.3, -0.25) is 4.90 Å². The van der Waals surface area contributed by atoms with Crippen molar-refractivity contribution in [1.82, 2.24) is 4.90 Å². The number of hydrogen-bond acceptors (Lipinski definition) is 3. The first kappa shape index (κ1) is 15.8. The van der Waals surface area contributed by atoms with Gasteiger partial charge in [0.25, 0.3) is 0 Å². The lowest BCUT2D eigenvalue weighted by Crippen LogP contribution is -2.28. The van der Waals surface area contributed by atoms with Crippen LogP contribution in [0.3, 0.4) is 0 Å². The maximum absolute atomic E-state index is 5.80. The molecule has 0 radical (unpaired) electrons. The molecule has 0 unspecified atom stereocenters. The van der Waals surface area contributed by atoms with Crippen molar-refractivity contribution in [3.63, 3.8) is 0 Å². The van der Waals surface area contributed by atoms with Gasteiger partial charge >= 0.3 is 0 Å². The van der Waals surface area contributed by atoms with Crippen LogP contribution in [0, 0.1) is 5.92 Å². The lowest BCUT2D eigenvalue weighted by Gasteiger charge is -2.26. The number of nitrogens with two attached hydrogens (primary N) is 1. The van der Waals surface area contributed by atoms with Crippen LogP contribution in [0.1, 0.15) is 39.2 Å². The molecular weight excluding hydrogens is 236 g/mol. The van der Waals surface area contributed by atoms with E-state index >= 15 is 0 Å². The van der Waals surface area contributed by atoms with E-state index in [1.54, 1.807) is 7.11 Å². The van der Waals surface area contributed by atoms with E-state index in [1.165, 1.54) is 18.4 Å². The Hall–Kier alpha value is -1.22. The van der Waals surface area contributed by atoms with Gasteiger partial charge in [0.2, 0.25) is 0 Å². The summed E-state index contributed by atoms with van der Waals surface area (Å²) >= 11 is 0. The quantitative estimate of drug-likeness (QED) is 0.730. The number of rotatable bonds is 8. The van der Waals surface area contributed by atoms with Gasteiger partial charge in [0.15, 0.2) is 0 Å². The number of benzene rings is 1. The topological polar surface area (TPSA) is 38.5 Å². The minimum Gasteiger partial charge on any atom is -0.496 e. The van der Waals surface area contributed by atoms with Crippen molar-refractivity contribution in [3.05, 3.63) is 23.8 Å². The van der Waals surface area contributed by atoms with Crippen molar-refractivity contribution >= 4 is 5.69 Å². The summed E-state index contributed by atoms with van der Waals surface area (Å²) in [4.78, 5) is 2.48. The molecular formula is C16H28N2O. The maximum atomic E-state index is 5.80. The van der Waals surface area contributed by atoms with Gasteiger partial charge in [-0.05, 0) is 18.5 Å². The molecule has 1 aromatic rings. The lowest BCUT2D eigenvalue weighted by molar-refractivity contribution is 0.223. The summed E-state index contributed by atoms with van der Waals surface area (Å²) in [6.07, 6.45) is 2.48. The molecule has 0 atom stereocenters. The third-order valence-electron chi connectivity index (χ3n) is 3.82. The zero-order valence-electron chi connectivity index (χ0n) is 12.8. The van der Waals surface area contributed by atoms with Crippen LogP contribution in [0.4, 0.5) is 5.69 Å². The number of anilines is 1. The summed E-state index contributed by atoms with van der Waals surface area (Å²) in [7, 11) is 1.70. The van der Waals surface area contributed by atoms with Gasteiger partial charge < -0.3 is 10.5 Å². The van der Waals surface area contributed by atoms with E-state index in [9.17, 15) is 0 Å². The highest BCUT2D eigenvalue weighted by molar-refractivity contribution is 5.48. The Bertz CT molecular complexity index is 375. The molecule has 0 spiro atoms. The van der Waals surface area contributed by atoms with Crippen molar-refractivity contribution in [2.24, 2.45) is 5.92 Å². The molecule has 0 fully saturated rings. The third kappa shape index (κ3) is 4.75. The second kappa shape index (κ2) is 8.05. The van der Waals surface area contributed by atoms with E-state index in [-0.39, 0.29) is 0 Å². The van der Waals surface area contributed by atoms with Crippen molar-refractivity contribution in [2.45, 2.75) is 40.2 Å². The number of nitrogen functional groups attached to an aromatic ring is 1. The molecule has 2 N–H and O–H groups in total. The van der Waals surface area contributed by atoms with E-state index in [0.717, 1.165) is 37.0 Å². The van der Waals surface area contributed by atoms with Crippen LogP contribution in [0.2, 0.25) is 0 Å². The van der Waals surface area contributed by atoms with Crippen LogP contribution >= 0.6 is 0 Å². The molecule has 0 aliphatic rings. The molecule has 0 amide bonds. The summed E-state index contributed by atoms with van der Waals surface area (Å²) < 4.78 is 5.42. The predicted molar refractivity (Wildman–Crippen MR) is 82.4 cm³/mol. The van der Waals surface area contributed by atoms with E-state index < -0.39 is 0 Å². The smallest absolute Gasteiger partial charge is 0.125 e. The van der Waals surface area contributed by atoms with Gasteiger partial charge in [-0.1, -0.05) is 39.7 Å². The van der Waals surface area contributed by atoms with Gasteiger partial charge in [-0.25, -0.2) is 0 Å². The van der Waals surface area contributed by atoms with Crippen LogP contribution in [-0.2, 0) is 6.54 Å². The van der Waals surface area contributed by atoms with E-state index in [2.05, 4.69) is 31.7 Å². The zero-order valence-corrected chi connectivity index (χ0v) is 12.8. The van der Waals surface area contributed by atoms with Gasteiger partial charge in [0.05, 0.1) is 7.11 Å². The summed E-state index contributed by atoms with van der Waals surface area (Å²) in [5, 5.41) is 0. The molecule has 0 saturated heterocycles. The molecule has 3 nitrogen and oxygen atoms in total. The normalized spacial score (nSPS) is 11.3. The van der Waals surface area contributed by atoms with Gasteiger partial charge in [-0.15, -0.1) is 0 Å². The number of methoxy groups -OCH3 is 1. The highest BCUT2D eigenvalue weighted by atomic mass is 16.5. The Labute approximate surface area is 117 Å². The molecule has 1 rings (SSSR count). The summed E-state index contributed by atoms with van der Waals surface area (Å²) in [5.74, 6) is 1.67. The van der Waals surface area contributed by atoms with Crippen LogP contribution < -0.4 is 10.5 Å². The van der Waals surface area contributed by atoms with Crippen molar-refractivity contribution in [1.29, 1.82) is 0 Å². The predicted octanol–water partition coefficient (Wildman–Crippen LogP) is 3.54. The van der Waals surface area contributed by atoms with Crippen molar-refractivity contribution in [2.75, 3.05) is 25.9 Å². The van der Waals surface area contributed by atoms with Crippen molar-refractivity contribution in [3.8, 4) is 5.75 Å². The Kier molecular flexibility index (Phi) is 6.71. The largest absolute Gasteiger partial charge is 0.496 e. The van der Waals surface area contributed by atoms with Gasteiger partial charge in [0.1, 0.15) is 5.75 Å². The van der Waals surface area contributed by atoms with E-state index in [1.807, 2.05) is 12.1 Å². The molecule has 0 saturated carbocycles. The molecule has 0 bridgehead atoms. The Morgan fingerprint density at radius 3 is 2.42 bits per heavy atom. The third-order valence-corrected chi connectivity index (χ3v) is 3.82. The molecule has 0 aliphatic heterocycles. The SMILES string of the molecule is CCC(CC)CN(CC)Cc1ccc(N)cc1OC. The first-order valence-corrected chi connectivity index (χ1v) is 7.29. The fraction of sp³-hybridized carbons (Fsp3) is 0.625. The highest BCUT2D eigenvalue weighted by Gasteiger charge is 2.12. The molecule has 0 heterocycles. The first-order chi connectivity index (χ1) is 9.14. The maximum Gasteiger partial charge on any atom is 0.125 e. The minimum atomic E-state index is 0.753. The number of nitrogens with zero attached hydrogens (tertiary/aromatic N) is 1. The van der Waals surface area contributed by atoms with E-state index in [0.29, 0.717) is 0 Å². The molecule has 0 aromatic heterocycles. The van der Waals surface area contributed by atoms with E-state index in [4.69, 9.17) is 10.5 Å². The Morgan fingerprint density at radius 2 is 1.89 bits per heavy atom. The summed E-state index contributed by atoms with van der Waals surface area (Å²) in [6.45, 7) is 9.89. The molecule has 19 heavy (non-hydrogen) atoms. The van der Waals surface area contributed by atoms with Crippen LogP contribution in [0.5, 0.6) is 5.75 Å². The van der Waals surface area contributed by atoms with Crippen molar-refractivity contribution < 1.29 is 4.74 Å². The van der Waals surface area contributed by atoms with Crippen LogP contribution in [0.15, 0.2) is 18.2 Å². The fourth-order valence-corrected chi connectivity index (χ4v) is 2.35. The molecule has 108 valence electrons. The first-order valence-electron chi connectivity index (χ1n) is 7.29. The minimum absolute atomic E-state index is 0.753.